The summed E-state index contributed by atoms with van der Waals surface area (Å²) in [6.07, 6.45) is 1.44. The number of methoxy groups -OCH3 is 1. The number of halogens is 1. The number of carbonyl (C=O) groups is 1. The molecule has 4 aromatic rings. The van der Waals surface area contributed by atoms with Crippen LogP contribution < -0.4 is 4.74 Å². The van der Waals surface area contributed by atoms with E-state index in [-0.39, 0.29) is 29.5 Å². The first-order valence-corrected chi connectivity index (χ1v) is 9.63. The van der Waals surface area contributed by atoms with Crippen LogP contribution in [0.5, 0.6) is 11.5 Å². The molecular formula is C23H20FN3O4. The van der Waals surface area contributed by atoms with Gasteiger partial charge in [0.1, 0.15) is 5.82 Å². The van der Waals surface area contributed by atoms with E-state index in [2.05, 4.69) is 10.1 Å². The van der Waals surface area contributed by atoms with E-state index >= 15 is 0 Å². The van der Waals surface area contributed by atoms with Crippen molar-refractivity contribution in [2.75, 3.05) is 13.7 Å². The molecule has 0 aliphatic carbocycles. The largest absolute Gasteiger partial charge is 0.504 e. The van der Waals surface area contributed by atoms with E-state index in [0.29, 0.717) is 33.5 Å². The highest BCUT2D eigenvalue weighted by atomic mass is 19.1. The van der Waals surface area contributed by atoms with Crippen molar-refractivity contribution in [1.29, 1.82) is 0 Å². The normalized spacial score (nSPS) is 11.0. The average molecular weight is 421 g/mol. The number of hydrogen-bond donors (Lipinski definition) is 1. The molecule has 0 radical (unpaired) electrons. The van der Waals surface area contributed by atoms with Gasteiger partial charge in [-0.25, -0.2) is 18.9 Å². The average Bonchev–Trinajstić information content (AvgIpc) is 3.11. The number of esters is 1. The van der Waals surface area contributed by atoms with Crippen LogP contribution in [0, 0.1) is 12.7 Å². The zero-order valence-electron chi connectivity index (χ0n) is 17.2. The maximum Gasteiger partial charge on any atom is 0.340 e. The van der Waals surface area contributed by atoms with Crippen molar-refractivity contribution in [3.63, 3.8) is 0 Å². The van der Waals surface area contributed by atoms with Crippen molar-refractivity contribution in [3.8, 4) is 28.3 Å². The molecule has 8 heteroatoms. The molecule has 2 aromatic carbocycles. The van der Waals surface area contributed by atoms with Crippen LogP contribution in [0.2, 0.25) is 0 Å². The summed E-state index contributed by atoms with van der Waals surface area (Å²) in [5, 5.41) is 15.2. The molecule has 0 atom stereocenters. The fourth-order valence-corrected chi connectivity index (χ4v) is 3.51. The Morgan fingerprint density at radius 3 is 2.61 bits per heavy atom. The number of aryl methyl sites for hydroxylation is 1. The van der Waals surface area contributed by atoms with Crippen molar-refractivity contribution in [3.05, 3.63) is 65.7 Å². The number of benzene rings is 2. The van der Waals surface area contributed by atoms with Gasteiger partial charge >= 0.3 is 5.97 Å². The minimum atomic E-state index is -0.520. The summed E-state index contributed by atoms with van der Waals surface area (Å²) in [6.45, 7) is 3.74. The fraction of sp³-hybridized carbons (Fsp3) is 0.174. The molecular weight excluding hydrogens is 401 g/mol. The fourth-order valence-electron chi connectivity index (χ4n) is 3.51. The number of hydrogen-bond acceptors (Lipinski definition) is 6. The van der Waals surface area contributed by atoms with Crippen LogP contribution in [0.1, 0.15) is 23.0 Å². The summed E-state index contributed by atoms with van der Waals surface area (Å²) in [5.41, 5.74) is 3.22. The first-order chi connectivity index (χ1) is 14.9. The molecule has 0 amide bonds. The lowest BCUT2D eigenvalue weighted by atomic mass is 9.97. The third-order valence-electron chi connectivity index (χ3n) is 4.91. The van der Waals surface area contributed by atoms with Gasteiger partial charge in [0.25, 0.3) is 0 Å². The second kappa shape index (κ2) is 8.06. The van der Waals surface area contributed by atoms with E-state index in [0.717, 1.165) is 0 Å². The van der Waals surface area contributed by atoms with Gasteiger partial charge in [-0.3, -0.25) is 0 Å². The number of aromatic hydroxyl groups is 1. The number of nitrogens with zero attached hydrogens (tertiary/aromatic N) is 3. The van der Waals surface area contributed by atoms with Gasteiger partial charge in [0.2, 0.25) is 0 Å². The van der Waals surface area contributed by atoms with E-state index in [1.807, 2.05) is 0 Å². The lowest BCUT2D eigenvalue weighted by Gasteiger charge is -2.13. The first kappa shape index (κ1) is 20.3. The maximum atomic E-state index is 13.4. The molecule has 31 heavy (non-hydrogen) atoms. The molecule has 4 rings (SSSR count). The molecule has 2 heterocycles. The molecule has 2 aromatic heterocycles. The second-order valence-corrected chi connectivity index (χ2v) is 6.83. The molecule has 158 valence electrons. The number of fused-ring (bicyclic) bond motifs is 1. The summed E-state index contributed by atoms with van der Waals surface area (Å²) < 4.78 is 25.5. The molecule has 0 aliphatic rings. The molecule has 0 aliphatic heterocycles. The Morgan fingerprint density at radius 2 is 1.94 bits per heavy atom. The predicted octanol–water partition coefficient (Wildman–Crippen LogP) is 4.43. The van der Waals surface area contributed by atoms with Gasteiger partial charge in [0.15, 0.2) is 17.1 Å². The topological polar surface area (TPSA) is 86.5 Å². The Labute approximate surface area is 177 Å². The maximum absolute atomic E-state index is 13.4. The lowest BCUT2D eigenvalue weighted by Crippen LogP contribution is -2.08. The van der Waals surface area contributed by atoms with Gasteiger partial charge in [-0.2, -0.15) is 5.10 Å². The van der Waals surface area contributed by atoms with Crippen LogP contribution in [0.25, 0.3) is 27.8 Å². The monoisotopic (exact) mass is 421 g/mol. The molecule has 0 fully saturated rings. The lowest BCUT2D eigenvalue weighted by molar-refractivity contribution is 0.0527. The van der Waals surface area contributed by atoms with E-state index in [9.17, 15) is 14.3 Å². The van der Waals surface area contributed by atoms with Crippen LogP contribution in [-0.4, -0.2) is 39.6 Å². The summed E-state index contributed by atoms with van der Waals surface area (Å²) >= 11 is 0. The molecule has 1 N–H and O–H groups in total. The number of phenolic OH excluding ortho intramolecular Hbond substituents is 1. The predicted molar refractivity (Wildman–Crippen MR) is 113 cm³/mol. The van der Waals surface area contributed by atoms with Gasteiger partial charge in [0.05, 0.1) is 36.0 Å². The number of ether oxygens (including phenoxy) is 2. The van der Waals surface area contributed by atoms with Crippen LogP contribution in [0.4, 0.5) is 4.39 Å². The Balaban J connectivity index is 2.04. The Hall–Kier alpha value is -3.94. The van der Waals surface area contributed by atoms with Crippen LogP contribution in [0.3, 0.4) is 0 Å². The summed E-state index contributed by atoms with van der Waals surface area (Å²) in [4.78, 5) is 17.2. The van der Waals surface area contributed by atoms with Crippen molar-refractivity contribution < 1.29 is 23.8 Å². The highest BCUT2D eigenvalue weighted by Crippen LogP contribution is 2.38. The molecule has 0 saturated heterocycles. The van der Waals surface area contributed by atoms with E-state index in [1.165, 1.54) is 31.5 Å². The molecule has 0 spiro atoms. The van der Waals surface area contributed by atoms with Crippen molar-refractivity contribution in [1.82, 2.24) is 14.8 Å². The van der Waals surface area contributed by atoms with Gasteiger partial charge in [-0.1, -0.05) is 6.07 Å². The van der Waals surface area contributed by atoms with Crippen molar-refractivity contribution in [2.24, 2.45) is 0 Å². The van der Waals surface area contributed by atoms with Gasteiger partial charge in [-0.15, -0.1) is 0 Å². The van der Waals surface area contributed by atoms with Crippen molar-refractivity contribution in [2.45, 2.75) is 13.8 Å². The highest BCUT2D eigenvalue weighted by Gasteiger charge is 2.23. The highest BCUT2D eigenvalue weighted by molar-refractivity contribution is 6.07. The molecule has 0 bridgehead atoms. The van der Waals surface area contributed by atoms with Gasteiger partial charge in [0, 0.05) is 11.8 Å². The number of rotatable bonds is 5. The number of aromatic nitrogens is 3. The Kier molecular flexibility index (Phi) is 5.29. The Bertz CT molecular complexity index is 1280. The molecule has 0 saturated carbocycles. The smallest absolute Gasteiger partial charge is 0.340 e. The van der Waals surface area contributed by atoms with E-state index in [4.69, 9.17) is 9.47 Å². The van der Waals surface area contributed by atoms with E-state index in [1.54, 1.807) is 42.8 Å². The summed E-state index contributed by atoms with van der Waals surface area (Å²) in [6, 6.07) is 10.7. The third kappa shape index (κ3) is 3.56. The molecule has 0 unspecified atom stereocenters. The van der Waals surface area contributed by atoms with Gasteiger partial charge in [-0.05, 0) is 55.8 Å². The SMILES string of the molecule is CCOC(=O)c1cnc2c(c(C)nn2-c2ccc(F)cc2)c1-c1ccc(O)c(OC)c1. The van der Waals surface area contributed by atoms with Crippen LogP contribution in [0.15, 0.2) is 48.7 Å². The van der Waals surface area contributed by atoms with Gasteiger partial charge < -0.3 is 14.6 Å². The molecule has 7 nitrogen and oxygen atoms in total. The van der Waals surface area contributed by atoms with Crippen LogP contribution in [-0.2, 0) is 4.74 Å². The number of phenols is 1. The standard InChI is InChI=1S/C23H20FN3O4/c1-4-31-23(29)17-12-25-22-20(21(17)14-5-10-18(28)19(11-14)30-3)13(2)26-27(22)16-8-6-15(24)7-9-16/h5-12,28H,4H2,1-3H3. The first-order valence-electron chi connectivity index (χ1n) is 9.63. The quantitative estimate of drug-likeness (QED) is 0.480. The van der Waals surface area contributed by atoms with E-state index < -0.39 is 5.97 Å². The Morgan fingerprint density at radius 1 is 1.19 bits per heavy atom. The third-order valence-corrected chi connectivity index (χ3v) is 4.91. The number of pyridine rings is 1. The summed E-state index contributed by atoms with van der Waals surface area (Å²) in [7, 11) is 1.45. The number of carbonyl (C=O) groups excluding carboxylic acids is 1. The summed E-state index contributed by atoms with van der Waals surface area (Å²) in [5.74, 6) is -0.631. The minimum absolute atomic E-state index is 0.0204. The van der Waals surface area contributed by atoms with Crippen molar-refractivity contribution >= 4 is 17.0 Å². The zero-order chi connectivity index (χ0) is 22.1. The zero-order valence-corrected chi connectivity index (χ0v) is 17.2. The minimum Gasteiger partial charge on any atom is -0.504 e. The van der Waals surface area contributed by atoms with Crippen LogP contribution >= 0.6 is 0 Å². The second-order valence-electron chi connectivity index (χ2n) is 6.83.